The van der Waals surface area contributed by atoms with Gasteiger partial charge in [-0.05, 0) is 31.0 Å². The lowest BCUT2D eigenvalue weighted by Gasteiger charge is -2.07. The Labute approximate surface area is 165 Å². The number of fused-ring (bicyclic) bond motifs is 1. The van der Waals surface area contributed by atoms with Gasteiger partial charge in [0, 0.05) is 6.54 Å². The van der Waals surface area contributed by atoms with E-state index in [0.717, 1.165) is 30.6 Å². The first-order valence-corrected chi connectivity index (χ1v) is 9.88. The highest BCUT2D eigenvalue weighted by atomic mass is 32.1. The molecule has 0 spiro atoms. The van der Waals surface area contributed by atoms with Gasteiger partial charge in [-0.3, -0.25) is 14.2 Å². The van der Waals surface area contributed by atoms with Gasteiger partial charge in [-0.1, -0.05) is 31.9 Å². The van der Waals surface area contributed by atoms with Gasteiger partial charge in [-0.2, -0.15) is 0 Å². The monoisotopic (exact) mass is 399 g/mol. The second-order valence-electron chi connectivity index (χ2n) is 6.49. The Bertz CT molecular complexity index is 1100. The van der Waals surface area contributed by atoms with E-state index in [1.807, 2.05) is 0 Å². The molecule has 2 heterocycles. The minimum Gasteiger partial charge on any atom is -0.478 e. The smallest absolute Gasteiger partial charge is 0.337 e. The average Bonchev–Trinajstić information content (AvgIpc) is 3.01. The normalized spacial score (nSPS) is 10.9. The maximum Gasteiger partial charge on any atom is 0.337 e. The van der Waals surface area contributed by atoms with Crippen molar-refractivity contribution in [3.63, 3.8) is 0 Å². The zero-order chi connectivity index (χ0) is 20.3. The van der Waals surface area contributed by atoms with Crippen LogP contribution in [0.3, 0.4) is 0 Å². The highest BCUT2D eigenvalue weighted by Gasteiger charge is 2.21. The second-order valence-corrected chi connectivity index (χ2v) is 7.49. The van der Waals surface area contributed by atoms with Crippen LogP contribution >= 0.6 is 11.3 Å². The number of carbonyl (C=O) groups excluding carboxylic acids is 1. The van der Waals surface area contributed by atoms with Gasteiger partial charge in [0.15, 0.2) is 0 Å². The van der Waals surface area contributed by atoms with Crippen molar-refractivity contribution in [2.24, 2.45) is 0 Å². The maximum atomic E-state index is 12.8. The standard InChI is InChI=1S/C20H21N3O4S/c1-3-4-7-10-23-11-21-18-15(19(23)25)12(2)16(28-18)17(24)22-14-9-6-5-8-13(14)20(26)27/h5-6,8-9,11H,3-4,7,10H2,1-2H3,(H,22,24)(H,26,27). The van der Waals surface area contributed by atoms with Gasteiger partial charge in [0.05, 0.1) is 27.8 Å². The zero-order valence-corrected chi connectivity index (χ0v) is 16.5. The molecule has 1 aromatic carbocycles. The van der Waals surface area contributed by atoms with E-state index in [9.17, 15) is 19.5 Å². The van der Waals surface area contributed by atoms with Crippen LogP contribution in [0.5, 0.6) is 0 Å². The highest BCUT2D eigenvalue weighted by Crippen LogP contribution is 2.28. The average molecular weight is 399 g/mol. The predicted molar refractivity (Wildman–Crippen MR) is 109 cm³/mol. The molecule has 0 saturated carbocycles. The molecule has 7 nitrogen and oxygen atoms in total. The molecule has 0 aliphatic heterocycles. The molecule has 0 bridgehead atoms. The topological polar surface area (TPSA) is 101 Å². The van der Waals surface area contributed by atoms with E-state index in [1.165, 1.54) is 18.5 Å². The molecule has 0 unspecified atom stereocenters. The van der Waals surface area contributed by atoms with Crippen molar-refractivity contribution < 1.29 is 14.7 Å². The van der Waals surface area contributed by atoms with Crippen LogP contribution in [0.4, 0.5) is 5.69 Å². The molecule has 0 saturated heterocycles. The Kier molecular flexibility index (Phi) is 5.89. The minimum atomic E-state index is -1.12. The SMILES string of the molecule is CCCCCn1cnc2sc(C(=O)Nc3ccccc3C(=O)O)c(C)c2c1=O. The number of unbranched alkanes of at least 4 members (excludes halogenated alkanes) is 2. The number of aromatic nitrogens is 2. The fourth-order valence-corrected chi connectivity index (χ4v) is 4.06. The third kappa shape index (κ3) is 3.82. The molecule has 28 heavy (non-hydrogen) atoms. The fraction of sp³-hybridized carbons (Fsp3) is 0.300. The molecule has 0 atom stereocenters. The van der Waals surface area contributed by atoms with Gasteiger partial charge < -0.3 is 10.4 Å². The molecule has 2 N–H and O–H groups in total. The van der Waals surface area contributed by atoms with Gasteiger partial charge in [0.2, 0.25) is 0 Å². The van der Waals surface area contributed by atoms with E-state index in [-0.39, 0.29) is 16.8 Å². The molecule has 0 fully saturated rings. The first kappa shape index (κ1) is 19.8. The summed E-state index contributed by atoms with van der Waals surface area (Å²) in [4.78, 5) is 42.1. The summed E-state index contributed by atoms with van der Waals surface area (Å²) < 4.78 is 1.58. The largest absolute Gasteiger partial charge is 0.478 e. The summed E-state index contributed by atoms with van der Waals surface area (Å²) in [5.41, 5.74) is 0.625. The van der Waals surface area contributed by atoms with E-state index in [4.69, 9.17) is 0 Å². The van der Waals surface area contributed by atoms with Crippen LogP contribution in [0.1, 0.15) is 51.8 Å². The van der Waals surface area contributed by atoms with Gasteiger partial charge in [0.25, 0.3) is 11.5 Å². The van der Waals surface area contributed by atoms with Crippen LogP contribution < -0.4 is 10.9 Å². The highest BCUT2D eigenvalue weighted by molar-refractivity contribution is 7.20. The van der Waals surface area contributed by atoms with Gasteiger partial charge in [-0.15, -0.1) is 11.3 Å². The summed E-state index contributed by atoms with van der Waals surface area (Å²) in [5.74, 6) is -1.58. The predicted octanol–water partition coefficient (Wildman–Crippen LogP) is 3.91. The van der Waals surface area contributed by atoms with E-state index in [1.54, 1.807) is 23.6 Å². The third-order valence-corrected chi connectivity index (χ3v) is 5.73. The van der Waals surface area contributed by atoms with Gasteiger partial charge in [-0.25, -0.2) is 9.78 Å². The number of anilines is 1. The van der Waals surface area contributed by atoms with E-state index < -0.39 is 11.9 Å². The minimum absolute atomic E-state index is 0.00557. The lowest BCUT2D eigenvalue weighted by Crippen LogP contribution is -2.21. The summed E-state index contributed by atoms with van der Waals surface area (Å²) in [5, 5.41) is 12.4. The van der Waals surface area contributed by atoms with Crippen LogP contribution in [0.2, 0.25) is 0 Å². The van der Waals surface area contributed by atoms with Crippen LogP contribution in [0.25, 0.3) is 10.2 Å². The number of nitrogens with zero attached hydrogens (tertiary/aromatic N) is 2. The lowest BCUT2D eigenvalue weighted by molar-refractivity contribution is 0.0698. The number of amides is 1. The Morgan fingerprint density at radius 3 is 2.71 bits per heavy atom. The first-order chi connectivity index (χ1) is 13.4. The molecule has 146 valence electrons. The zero-order valence-electron chi connectivity index (χ0n) is 15.7. The molecule has 2 aromatic heterocycles. The molecule has 3 aromatic rings. The Morgan fingerprint density at radius 2 is 2.00 bits per heavy atom. The summed E-state index contributed by atoms with van der Waals surface area (Å²) in [6.07, 6.45) is 4.51. The number of hydrogen-bond acceptors (Lipinski definition) is 5. The molecule has 0 aliphatic carbocycles. The quantitative estimate of drug-likeness (QED) is 0.587. The fourth-order valence-electron chi connectivity index (χ4n) is 3.02. The Hall–Kier alpha value is -3.00. The van der Waals surface area contributed by atoms with E-state index >= 15 is 0 Å². The van der Waals surface area contributed by atoms with Crippen molar-refractivity contribution in [2.75, 3.05) is 5.32 Å². The Morgan fingerprint density at radius 1 is 1.25 bits per heavy atom. The summed E-state index contributed by atoms with van der Waals surface area (Å²) in [7, 11) is 0. The van der Waals surface area contributed by atoms with Gasteiger partial charge in [0.1, 0.15) is 4.83 Å². The number of carbonyl (C=O) groups is 2. The molecule has 8 heteroatoms. The number of nitrogens with one attached hydrogen (secondary N) is 1. The summed E-state index contributed by atoms with van der Waals surface area (Å²) >= 11 is 1.13. The molecular weight excluding hydrogens is 378 g/mol. The lowest BCUT2D eigenvalue weighted by atomic mass is 10.1. The van der Waals surface area contributed by atoms with Gasteiger partial charge >= 0.3 is 5.97 Å². The van der Waals surface area contributed by atoms with Crippen molar-refractivity contribution in [1.82, 2.24) is 9.55 Å². The molecule has 3 rings (SSSR count). The number of benzene rings is 1. The van der Waals surface area contributed by atoms with E-state index in [0.29, 0.717) is 27.2 Å². The number of rotatable bonds is 7. The number of carboxylic acid groups (broad SMARTS) is 1. The molecule has 0 aliphatic rings. The van der Waals surface area contributed by atoms with E-state index in [2.05, 4.69) is 17.2 Å². The first-order valence-electron chi connectivity index (χ1n) is 9.06. The third-order valence-electron chi connectivity index (χ3n) is 4.53. The maximum absolute atomic E-state index is 12.8. The van der Waals surface area contributed by atoms with Crippen LogP contribution in [-0.4, -0.2) is 26.5 Å². The number of para-hydroxylation sites is 1. The number of hydrogen-bond donors (Lipinski definition) is 2. The van der Waals surface area contributed by atoms with Crippen LogP contribution in [0, 0.1) is 6.92 Å². The second kappa shape index (κ2) is 8.35. The number of aromatic carboxylic acids is 1. The Balaban J connectivity index is 1.95. The van der Waals surface area contributed by atoms with Crippen molar-refractivity contribution >= 4 is 39.1 Å². The summed E-state index contributed by atoms with van der Waals surface area (Å²) in [6, 6.07) is 6.19. The van der Waals surface area contributed by atoms with Crippen molar-refractivity contribution in [3.8, 4) is 0 Å². The molecular formula is C20H21N3O4S. The van der Waals surface area contributed by atoms with Crippen molar-refractivity contribution in [2.45, 2.75) is 39.7 Å². The van der Waals surface area contributed by atoms with Crippen molar-refractivity contribution in [1.29, 1.82) is 0 Å². The number of aryl methyl sites for hydroxylation is 2. The number of carboxylic acids is 1. The number of thiophene rings is 1. The molecule has 0 radical (unpaired) electrons. The van der Waals surface area contributed by atoms with Crippen molar-refractivity contribution in [3.05, 3.63) is 57.0 Å². The summed E-state index contributed by atoms with van der Waals surface area (Å²) in [6.45, 7) is 4.41. The van der Waals surface area contributed by atoms with Crippen LogP contribution in [-0.2, 0) is 6.54 Å². The van der Waals surface area contributed by atoms with Crippen LogP contribution in [0.15, 0.2) is 35.4 Å². The molecule has 1 amide bonds.